The van der Waals surface area contributed by atoms with Gasteiger partial charge < -0.3 is 15.8 Å². The van der Waals surface area contributed by atoms with Gasteiger partial charge in [0, 0.05) is 36.7 Å². The summed E-state index contributed by atoms with van der Waals surface area (Å²) < 4.78 is 19.3. The first-order valence-electron chi connectivity index (χ1n) is 12.7. The van der Waals surface area contributed by atoms with Gasteiger partial charge in [-0.05, 0) is 86.4 Å². The van der Waals surface area contributed by atoms with Crippen molar-refractivity contribution in [3.05, 3.63) is 71.3 Å². The summed E-state index contributed by atoms with van der Waals surface area (Å²) in [6.07, 6.45) is 4.64. The molecule has 2 aromatic carbocycles. The molecule has 3 aromatic rings. The molecule has 2 fully saturated rings. The highest BCUT2D eigenvalue weighted by molar-refractivity contribution is 5.91. The smallest absolute Gasteiger partial charge is 0.267 e. The van der Waals surface area contributed by atoms with Gasteiger partial charge in [-0.1, -0.05) is 6.42 Å². The Bertz CT molecular complexity index is 1290. The molecule has 1 atom stereocenters. The van der Waals surface area contributed by atoms with Crippen molar-refractivity contribution in [1.82, 2.24) is 20.2 Å². The number of primary amides is 1. The van der Waals surface area contributed by atoms with Gasteiger partial charge in [-0.25, -0.2) is 14.4 Å². The number of hydrogen-bond acceptors (Lipinski definition) is 6. The Balaban J connectivity index is 1.51. The maximum atomic E-state index is 13.3. The van der Waals surface area contributed by atoms with Crippen molar-refractivity contribution in [1.29, 1.82) is 0 Å². The molecule has 37 heavy (non-hydrogen) atoms. The number of nitrogens with one attached hydrogen (secondary N) is 1. The third-order valence-electron chi connectivity index (χ3n) is 6.86. The van der Waals surface area contributed by atoms with E-state index in [0.717, 1.165) is 43.5 Å². The highest BCUT2D eigenvalue weighted by Gasteiger charge is 2.26. The van der Waals surface area contributed by atoms with E-state index in [4.69, 9.17) is 15.5 Å². The molecule has 9 heteroatoms. The molecular formula is C28H30FN5O3. The molecule has 3 heterocycles. The first-order chi connectivity index (χ1) is 17.9. The Morgan fingerprint density at radius 1 is 1.05 bits per heavy atom. The van der Waals surface area contributed by atoms with E-state index in [0.29, 0.717) is 42.5 Å². The topological polar surface area (TPSA) is 110 Å². The van der Waals surface area contributed by atoms with E-state index in [-0.39, 0.29) is 23.3 Å². The predicted octanol–water partition coefficient (Wildman–Crippen LogP) is 3.84. The van der Waals surface area contributed by atoms with Crippen LogP contribution in [0.3, 0.4) is 0 Å². The molecule has 0 radical (unpaired) electrons. The first-order valence-corrected chi connectivity index (χ1v) is 12.7. The van der Waals surface area contributed by atoms with E-state index >= 15 is 0 Å². The lowest BCUT2D eigenvalue weighted by atomic mass is 10.00. The van der Waals surface area contributed by atoms with Gasteiger partial charge in [0.15, 0.2) is 5.82 Å². The minimum Gasteiger partial charge on any atom is -0.457 e. The van der Waals surface area contributed by atoms with E-state index in [1.807, 2.05) is 18.2 Å². The molecule has 0 bridgehead atoms. The van der Waals surface area contributed by atoms with Crippen LogP contribution in [0.2, 0.25) is 0 Å². The number of rotatable bonds is 8. The Morgan fingerprint density at radius 2 is 1.81 bits per heavy atom. The minimum absolute atomic E-state index is 0.00568. The normalized spacial score (nSPS) is 18.0. The predicted molar refractivity (Wildman–Crippen MR) is 136 cm³/mol. The van der Waals surface area contributed by atoms with E-state index in [9.17, 15) is 14.0 Å². The quantitative estimate of drug-likeness (QED) is 0.483. The van der Waals surface area contributed by atoms with Gasteiger partial charge in [0.05, 0.1) is 0 Å². The van der Waals surface area contributed by atoms with Gasteiger partial charge in [0.1, 0.15) is 23.0 Å². The molecule has 1 unspecified atom stereocenters. The SMILES string of the molecule is NC(=O)c1cc(CC2CCNC2=O)nc(-c2ccc(Oc3ccc(F)cc3)cc2CN2CCCCC2)n1. The Labute approximate surface area is 215 Å². The second-order valence-electron chi connectivity index (χ2n) is 9.62. The van der Waals surface area contributed by atoms with Crippen LogP contribution in [0.5, 0.6) is 11.5 Å². The zero-order valence-electron chi connectivity index (χ0n) is 20.6. The summed E-state index contributed by atoms with van der Waals surface area (Å²) in [5, 5.41) is 2.84. The molecule has 5 rings (SSSR count). The summed E-state index contributed by atoms with van der Waals surface area (Å²) in [5.74, 6) is 0.362. The van der Waals surface area contributed by atoms with Gasteiger partial charge >= 0.3 is 0 Å². The molecule has 3 N–H and O–H groups in total. The average Bonchev–Trinajstić information content (AvgIpc) is 3.30. The lowest BCUT2D eigenvalue weighted by Crippen LogP contribution is -2.29. The maximum absolute atomic E-state index is 13.3. The number of nitrogens with two attached hydrogens (primary N) is 1. The fourth-order valence-corrected chi connectivity index (χ4v) is 4.92. The average molecular weight is 504 g/mol. The van der Waals surface area contributed by atoms with Gasteiger partial charge in [0.2, 0.25) is 5.91 Å². The lowest BCUT2D eigenvalue weighted by molar-refractivity contribution is -0.122. The Morgan fingerprint density at radius 3 is 2.51 bits per heavy atom. The van der Waals surface area contributed by atoms with Crippen molar-refractivity contribution in [3.63, 3.8) is 0 Å². The number of piperidine rings is 1. The molecule has 2 amide bonds. The van der Waals surface area contributed by atoms with Gasteiger partial charge in [0.25, 0.3) is 5.91 Å². The summed E-state index contributed by atoms with van der Waals surface area (Å²) in [6.45, 7) is 3.29. The van der Waals surface area contributed by atoms with Gasteiger partial charge in [-0.3, -0.25) is 14.5 Å². The van der Waals surface area contributed by atoms with Crippen molar-refractivity contribution in [2.75, 3.05) is 19.6 Å². The number of nitrogens with zero attached hydrogens (tertiary/aromatic N) is 3. The first kappa shape index (κ1) is 24.8. The molecular weight excluding hydrogens is 473 g/mol. The molecule has 2 saturated heterocycles. The van der Waals surface area contributed by atoms with Crippen LogP contribution in [-0.4, -0.2) is 46.3 Å². The summed E-state index contributed by atoms with van der Waals surface area (Å²) in [6, 6.07) is 13.1. The fourth-order valence-electron chi connectivity index (χ4n) is 4.92. The van der Waals surface area contributed by atoms with Crippen LogP contribution in [0.25, 0.3) is 11.4 Å². The second-order valence-corrected chi connectivity index (χ2v) is 9.62. The van der Waals surface area contributed by atoms with E-state index in [2.05, 4.69) is 15.2 Å². The maximum Gasteiger partial charge on any atom is 0.267 e. The van der Waals surface area contributed by atoms with E-state index < -0.39 is 5.91 Å². The van der Waals surface area contributed by atoms with Crippen molar-refractivity contribution < 1.29 is 18.7 Å². The third kappa shape index (κ3) is 6.11. The number of halogens is 1. The molecule has 0 aliphatic carbocycles. The number of carbonyl (C=O) groups excluding carboxylic acids is 2. The van der Waals surface area contributed by atoms with Gasteiger partial charge in [-0.15, -0.1) is 0 Å². The molecule has 192 valence electrons. The standard InChI is InChI=1S/C28H30FN5O3/c29-20-4-6-22(7-5-20)37-23-8-9-24(19(15-23)17-34-12-2-1-3-13-34)27-32-21(16-25(33-27)26(30)35)14-18-10-11-31-28(18)36/h4-9,15-16,18H,1-3,10-14,17H2,(H2,30,35)(H,31,36). The molecule has 2 aliphatic rings. The van der Waals surface area contributed by atoms with Crippen molar-refractivity contribution in [2.24, 2.45) is 11.7 Å². The summed E-state index contributed by atoms with van der Waals surface area (Å²) >= 11 is 0. The Hall–Kier alpha value is -3.85. The number of amides is 2. The lowest BCUT2D eigenvalue weighted by Gasteiger charge is -2.27. The number of ether oxygens (including phenoxy) is 1. The number of benzene rings is 2. The molecule has 0 saturated carbocycles. The highest BCUT2D eigenvalue weighted by Crippen LogP contribution is 2.31. The molecule has 2 aliphatic heterocycles. The van der Waals surface area contributed by atoms with Crippen LogP contribution >= 0.6 is 0 Å². The van der Waals surface area contributed by atoms with Crippen molar-refractivity contribution in [3.8, 4) is 22.9 Å². The number of aromatic nitrogens is 2. The summed E-state index contributed by atoms with van der Waals surface area (Å²) in [5.41, 5.74) is 8.06. The van der Waals surface area contributed by atoms with E-state index in [1.54, 1.807) is 18.2 Å². The van der Waals surface area contributed by atoms with Crippen LogP contribution in [0, 0.1) is 11.7 Å². The highest BCUT2D eigenvalue weighted by atomic mass is 19.1. The van der Waals surface area contributed by atoms with Crippen molar-refractivity contribution in [2.45, 2.75) is 38.6 Å². The summed E-state index contributed by atoms with van der Waals surface area (Å²) in [4.78, 5) is 35.9. The van der Waals surface area contributed by atoms with Crippen LogP contribution in [0.15, 0.2) is 48.5 Å². The van der Waals surface area contributed by atoms with Crippen LogP contribution in [0.4, 0.5) is 4.39 Å². The minimum atomic E-state index is -0.644. The summed E-state index contributed by atoms with van der Waals surface area (Å²) in [7, 11) is 0. The largest absolute Gasteiger partial charge is 0.457 e. The monoisotopic (exact) mass is 503 g/mol. The Kier molecular flexibility index (Phi) is 7.41. The molecule has 0 spiro atoms. The second kappa shape index (κ2) is 11.0. The van der Waals surface area contributed by atoms with Crippen LogP contribution in [-0.2, 0) is 17.8 Å². The van der Waals surface area contributed by atoms with Crippen LogP contribution < -0.4 is 15.8 Å². The van der Waals surface area contributed by atoms with Gasteiger partial charge in [-0.2, -0.15) is 0 Å². The van der Waals surface area contributed by atoms with Crippen LogP contribution in [0.1, 0.15) is 47.4 Å². The number of carbonyl (C=O) groups is 2. The fraction of sp³-hybridized carbons (Fsp3) is 0.357. The zero-order valence-corrected chi connectivity index (χ0v) is 20.6. The zero-order chi connectivity index (χ0) is 25.8. The third-order valence-corrected chi connectivity index (χ3v) is 6.86. The van der Waals surface area contributed by atoms with E-state index in [1.165, 1.54) is 18.6 Å². The number of likely N-dealkylation sites (tertiary alicyclic amines) is 1. The molecule has 8 nitrogen and oxygen atoms in total. The van der Waals surface area contributed by atoms with Crippen molar-refractivity contribution >= 4 is 11.8 Å². The molecule has 1 aromatic heterocycles. The number of hydrogen-bond donors (Lipinski definition) is 2.